The molecule has 0 bridgehead atoms. The van der Waals surface area contributed by atoms with Gasteiger partial charge >= 0.3 is 0 Å². The Morgan fingerprint density at radius 3 is 3.05 bits per heavy atom. The minimum Gasteiger partial charge on any atom is -0.496 e. The number of nitrogens with one attached hydrogen (secondary N) is 1. The highest BCUT2D eigenvalue weighted by Gasteiger charge is 2.55. The van der Waals surface area contributed by atoms with Crippen molar-refractivity contribution in [2.45, 2.75) is 25.0 Å². The Hall–Kier alpha value is -1.92. The Morgan fingerprint density at radius 2 is 2.27 bits per heavy atom. The van der Waals surface area contributed by atoms with Crippen LogP contribution in [-0.2, 0) is 4.79 Å². The number of para-hydroxylation sites is 1. The molecule has 1 aromatic carbocycles. The quantitative estimate of drug-likeness (QED) is 0.927. The fraction of sp³-hybridized carbons (Fsp3) is 0.375. The number of ether oxygens (including phenoxy) is 1. The molecule has 2 aliphatic heterocycles. The highest BCUT2D eigenvalue weighted by molar-refractivity contribution is 7.13. The van der Waals surface area contributed by atoms with Gasteiger partial charge in [-0.1, -0.05) is 12.1 Å². The van der Waals surface area contributed by atoms with Gasteiger partial charge in [0.15, 0.2) is 11.2 Å². The molecule has 1 N–H and O–H groups in total. The summed E-state index contributed by atoms with van der Waals surface area (Å²) in [5.74, 6) is 1.03. The topological polar surface area (TPSA) is 46.9 Å². The van der Waals surface area contributed by atoms with Crippen molar-refractivity contribution in [2.75, 3.05) is 18.6 Å². The number of quaternary nitrogens is 1. The molecule has 0 spiro atoms. The molecule has 3 atom stereocenters. The molecule has 3 unspecified atom stereocenters. The number of carbonyl (C=O) groups is 1. The van der Waals surface area contributed by atoms with Crippen molar-refractivity contribution in [3.63, 3.8) is 0 Å². The van der Waals surface area contributed by atoms with E-state index in [2.05, 4.69) is 11.1 Å². The van der Waals surface area contributed by atoms with E-state index in [1.807, 2.05) is 28.5 Å². The van der Waals surface area contributed by atoms with Gasteiger partial charge in [-0.05, 0) is 12.1 Å². The van der Waals surface area contributed by atoms with E-state index in [1.54, 1.807) is 13.3 Å². The van der Waals surface area contributed by atoms with Crippen molar-refractivity contribution in [3.8, 4) is 5.75 Å². The first-order valence-corrected chi connectivity index (χ1v) is 8.40. The van der Waals surface area contributed by atoms with Crippen LogP contribution in [0.5, 0.6) is 5.75 Å². The van der Waals surface area contributed by atoms with Gasteiger partial charge in [0.25, 0.3) is 5.91 Å². The van der Waals surface area contributed by atoms with Crippen molar-refractivity contribution >= 4 is 22.4 Å². The second-order valence-corrected chi connectivity index (χ2v) is 6.56. The summed E-state index contributed by atoms with van der Waals surface area (Å²) in [6.07, 6.45) is 3.78. The van der Waals surface area contributed by atoms with Crippen molar-refractivity contribution in [2.24, 2.45) is 0 Å². The number of nitrogens with zero attached hydrogens (tertiary/aromatic N) is 2. The van der Waals surface area contributed by atoms with Crippen LogP contribution in [0, 0.1) is 0 Å². The number of benzene rings is 1. The van der Waals surface area contributed by atoms with Gasteiger partial charge < -0.3 is 9.64 Å². The average Bonchev–Trinajstić information content (AvgIpc) is 3.25. The van der Waals surface area contributed by atoms with Gasteiger partial charge in [0, 0.05) is 24.4 Å². The van der Waals surface area contributed by atoms with E-state index in [0.29, 0.717) is 0 Å². The van der Waals surface area contributed by atoms with Crippen LogP contribution in [-0.4, -0.2) is 30.6 Å². The Labute approximate surface area is 133 Å². The van der Waals surface area contributed by atoms with Crippen molar-refractivity contribution < 1.29 is 14.4 Å². The second-order valence-electron chi connectivity index (χ2n) is 5.69. The van der Waals surface area contributed by atoms with E-state index in [9.17, 15) is 4.79 Å². The van der Waals surface area contributed by atoms with Crippen LogP contribution in [0.15, 0.2) is 35.8 Å². The van der Waals surface area contributed by atoms with Gasteiger partial charge in [0.05, 0.1) is 19.2 Å². The maximum absolute atomic E-state index is 12.9. The number of fused-ring (bicyclic) bond motifs is 1. The van der Waals surface area contributed by atoms with Crippen LogP contribution in [0.1, 0.15) is 24.6 Å². The second kappa shape index (κ2) is 5.37. The summed E-state index contributed by atoms with van der Waals surface area (Å²) in [5, 5.41) is 2.70. The maximum atomic E-state index is 12.9. The maximum Gasteiger partial charge on any atom is 0.292 e. The third-order valence-corrected chi connectivity index (χ3v) is 5.38. The smallest absolute Gasteiger partial charge is 0.292 e. The molecule has 4 rings (SSSR count). The lowest BCUT2D eigenvalue weighted by atomic mass is 10.1. The molecule has 2 fully saturated rings. The number of aromatic nitrogens is 1. The molecule has 114 valence electrons. The first kappa shape index (κ1) is 13.7. The molecule has 0 aliphatic carbocycles. The average molecular weight is 316 g/mol. The SMILES string of the molecule is COc1ccccc1C1N(c2nccs2)C(=O)C2CCC[NH+]21. The van der Waals surface area contributed by atoms with E-state index in [-0.39, 0.29) is 18.1 Å². The third-order valence-electron chi connectivity index (χ3n) is 4.61. The third kappa shape index (κ3) is 1.94. The van der Waals surface area contributed by atoms with E-state index < -0.39 is 0 Å². The number of hydrogen-bond donors (Lipinski definition) is 1. The fourth-order valence-electron chi connectivity index (χ4n) is 3.71. The molecular weight excluding hydrogens is 298 g/mol. The van der Waals surface area contributed by atoms with Crippen LogP contribution in [0.4, 0.5) is 5.13 Å². The van der Waals surface area contributed by atoms with Gasteiger partial charge in [0.1, 0.15) is 5.75 Å². The molecule has 2 saturated heterocycles. The molecule has 2 aliphatic rings. The summed E-state index contributed by atoms with van der Waals surface area (Å²) in [7, 11) is 1.68. The summed E-state index contributed by atoms with van der Waals surface area (Å²) >= 11 is 1.51. The highest BCUT2D eigenvalue weighted by atomic mass is 32.1. The molecule has 1 aromatic heterocycles. The zero-order valence-corrected chi connectivity index (χ0v) is 13.2. The van der Waals surface area contributed by atoms with Crippen LogP contribution < -0.4 is 14.5 Å². The Kier molecular flexibility index (Phi) is 3.35. The summed E-state index contributed by atoms with van der Waals surface area (Å²) in [5.41, 5.74) is 1.06. The van der Waals surface area contributed by atoms with Crippen LogP contribution in [0.3, 0.4) is 0 Å². The molecule has 3 heterocycles. The van der Waals surface area contributed by atoms with E-state index in [0.717, 1.165) is 35.8 Å². The van der Waals surface area contributed by atoms with E-state index in [1.165, 1.54) is 16.2 Å². The van der Waals surface area contributed by atoms with Gasteiger partial charge in [-0.3, -0.25) is 4.79 Å². The van der Waals surface area contributed by atoms with E-state index in [4.69, 9.17) is 4.74 Å². The van der Waals surface area contributed by atoms with Gasteiger partial charge in [0.2, 0.25) is 6.17 Å². The number of thiazole rings is 1. The molecule has 2 aromatic rings. The van der Waals surface area contributed by atoms with Crippen molar-refractivity contribution in [3.05, 3.63) is 41.4 Å². The number of methoxy groups -OCH3 is 1. The summed E-state index contributed by atoms with van der Waals surface area (Å²) in [6, 6.07) is 8.04. The zero-order chi connectivity index (χ0) is 15.1. The zero-order valence-electron chi connectivity index (χ0n) is 12.4. The standard InChI is InChI=1S/C16H17N3O2S/c1-21-13-7-3-2-5-11(13)14-18-9-4-6-12(18)15(20)19(14)16-17-8-10-22-16/h2-3,5,7-8,10,12,14H,4,6,9H2,1H3/p+1. The van der Waals surface area contributed by atoms with Gasteiger partial charge in [-0.2, -0.15) is 0 Å². The number of anilines is 1. The number of rotatable bonds is 3. The molecule has 6 heteroatoms. The largest absolute Gasteiger partial charge is 0.496 e. The molecular formula is C16H18N3O2S+. The van der Waals surface area contributed by atoms with Crippen LogP contribution >= 0.6 is 11.3 Å². The fourth-order valence-corrected chi connectivity index (χ4v) is 4.39. The summed E-state index contributed by atoms with van der Waals surface area (Å²) < 4.78 is 5.54. The predicted octanol–water partition coefficient (Wildman–Crippen LogP) is 1.24. The number of amides is 1. The Morgan fingerprint density at radius 1 is 1.41 bits per heavy atom. The van der Waals surface area contributed by atoms with Crippen LogP contribution in [0.25, 0.3) is 0 Å². The lowest BCUT2D eigenvalue weighted by Gasteiger charge is -2.25. The normalized spacial score (nSPS) is 27.2. The molecule has 0 saturated carbocycles. The molecule has 5 nitrogen and oxygen atoms in total. The first-order chi connectivity index (χ1) is 10.8. The minimum absolute atomic E-state index is 0.0395. The lowest BCUT2D eigenvalue weighted by Crippen LogP contribution is -3.12. The first-order valence-electron chi connectivity index (χ1n) is 7.52. The molecule has 1 amide bonds. The molecule has 22 heavy (non-hydrogen) atoms. The monoisotopic (exact) mass is 316 g/mol. The van der Waals surface area contributed by atoms with E-state index >= 15 is 0 Å². The van der Waals surface area contributed by atoms with Gasteiger partial charge in [-0.25, -0.2) is 9.88 Å². The predicted molar refractivity (Wildman–Crippen MR) is 84.2 cm³/mol. The highest BCUT2D eigenvalue weighted by Crippen LogP contribution is 2.35. The Balaban J connectivity index is 1.84. The van der Waals surface area contributed by atoms with Crippen LogP contribution in [0.2, 0.25) is 0 Å². The molecule has 0 radical (unpaired) electrons. The van der Waals surface area contributed by atoms with Gasteiger partial charge in [-0.15, -0.1) is 11.3 Å². The Bertz CT molecular complexity index is 688. The van der Waals surface area contributed by atoms with Crippen molar-refractivity contribution in [1.82, 2.24) is 4.98 Å². The summed E-state index contributed by atoms with van der Waals surface area (Å²) in [6.45, 7) is 1.01. The lowest BCUT2D eigenvalue weighted by molar-refractivity contribution is -0.924. The summed E-state index contributed by atoms with van der Waals surface area (Å²) in [4.78, 5) is 20.5. The van der Waals surface area contributed by atoms with Crippen molar-refractivity contribution in [1.29, 1.82) is 0 Å². The number of hydrogen-bond acceptors (Lipinski definition) is 4. The minimum atomic E-state index is -0.0395. The number of carbonyl (C=O) groups excluding carboxylic acids is 1.